The molecule has 0 N–H and O–H groups in total. The van der Waals surface area contributed by atoms with Gasteiger partial charge in [-0.1, -0.05) is 12.2 Å². The lowest BCUT2D eigenvalue weighted by Gasteiger charge is -2.30. The first-order chi connectivity index (χ1) is 5.86. The third-order valence-corrected chi connectivity index (χ3v) is 3.95. The molecule has 0 aromatic heterocycles. The van der Waals surface area contributed by atoms with Gasteiger partial charge in [0.25, 0.3) is 0 Å². The summed E-state index contributed by atoms with van der Waals surface area (Å²) in [5.41, 5.74) is 0. The molecule has 0 spiro atoms. The van der Waals surface area contributed by atoms with Crippen LogP contribution < -0.4 is 0 Å². The van der Waals surface area contributed by atoms with E-state index in [2.05, 4.69) is 12.2 Å². The van der Waals surface area contributed by atoms with Gasteiger partial charge in [0, 0.05) is 12.3 Å². The number of allylic oxidation sites excluding steroid dienone is 2. The van der Waals surface area contributed by atoms with E-state index < -0.39 is 0 Å². The molecular formula is C11H14O. The summed E-state index contributed by atoms with van der Waals surface area (Å²) < 4.78 is 0. The lowest BCUT2D eigenvalue weighted by molar-refractivity contribution is -0.127. The number of rotatable bonds is 0. The van der Waals surface area contributed by atoms with Crippen molar-refractivity contribution in [3.8, 4) is 0 Å². The molecule has 0 heterocycles. The molecule has 3 aliphatic carbocycles. The zero-order chi connectivity index (χ0) is 8.13. The largest absolute Gasteiger partial charge is 0.299 e. The number of fused-ring (bicyclic) bond motifs is 5. The van der Waals surface area contributed by atoms with Crippen molar-refractivity contribution in [2.24, 2.45) is 23.7 Å². The number of ketones is 1. The molecule has 0 aromatic rings. The molecule has 4 atom stereocenters. The van der Waals surface area contributed by atoms with Gasteiger partial charge in [0.1, 0.15) is 5.78 Å². The van der Waals surface area contributed by atoms with E-state index in [-0.39, 0.29) is 0 Å². The number of carbonyl (C=O) groups is 1. The summed E-state index contributed by atoms with van der Waals surface area (Å²) in [5, 5.41) is 0. The Morgan fingerprint density at radius 2 is 2.08 bits per heavy atom. The molecule has 0 amide bonds. The minimum atomic E-state index is 0.439. The monoisotopic (exact) mass is 162 g/mol. The van der Waals surface area contributed by atoms with E-state index in [1.54, 1.807) is 0 Å². The standard InChI is InChI=1S/C11H14O/c12-10-3-1-2-9-7-4-5-8(6-7)11(9)10/h4-5,7-9,11H,1-3,6H2/t7-,8-,9-,11+/m0/s1. The minimum Gasteiger partial charge on any atom is -0.299 e. The molecular weight excluding hydrogens is 148 g/mol. The second-order valence-corrected chi connectivity index (χ2v) is 4.50. The van der Waals surface area contributed by atoms with Crippen molar-refractivity contribution in [2.75, 3.05) is 0 Å². The van der Waals surface area contributed by atoms with Crippen LogP contribution in [-0.2, 0) is 4.79 Å². The molecule has 0 radical (unpaired) electrons. The second kappa shape index (κ2) is 2.21. The Morgan fingerprint density at radius 1 is 1.25 bits per heavy atom. The van der Waals surface area contributed by atoms with Crippen LogP contribution in [0, 0.1) is 23.7 Å². The quantitative estimate of drug-likeness (QED) is 0.499. The Kier molecular flexibility index (Phi) is 1.27. The van der Waals surface area contributed by atoms with Gasteiger partial charge in [0.15, 0.2) is 0 Å². The van der Waals surface area contributed by atoms with Gasteiger partial charge in [0.2, 0.25) is 0 Å². The van der Waals surface area contributed by atoms with Crippen LogP contribution in [0.25, 0.3) is 0 Å². The topological polar surface area (TPSA) is 17.1 Å². The van der Waals surface area contributed by atoms with E-state index in [1.165, 1.54) is 12.8 Å². The highest BCUT2D eigenvalue weighted by Gasteiger charge is 2.48. The average molecular weight is 162 g/mol. The molecule has 0 saturated heterocycles. The van der Waals surface area contributed by atoms with Crippen LogP contribution >= 0.6 is 0 Å². The molecule has 1 nitrogen and oxygen atoms in total. The van der Waals surface area contributed by atoms with Gasteiger partial charge in [-0.3, -0.25) is 4.79 Å². The van der Waals surface area contributed by atoms with Gasteiger partial charge >= 0.3 is 0 Å². The molecule has 2 saturated carbocycles. The van der Waals surface area contributed by atoms with Crippen LogP contribution in [0.3, 0.4) is 0 Å². The third-order valence-electron chi connectivity index (χ3n) is 3.95. The summed E-state index contributed by atoms with van der Waals surface area (Å²) >= 11 is 0. The number of hydrogen-bond acceptors (Lipinski definition) is 1. The van der Waals surface area contributed by atoms with Crippen LogP contribution in [0.15, 0.2) is 12.2 Å². The highest BCUT2D eigenvalue weighted by molar-refractivity contribution is 5.83. The molecule has 2 bridgehead atoms. The maximum atomic E-state index is 11.6. The Morgan fingerprint density at radius 3 is 2.92 bits per heavy atom. The second-order valence-electron chi connectivity index (χ2n) is 4.50. The van der Waals surface area contributed by atoms with Crippen molar-refractivity contribution in [1.29, 1.82) is 0 Å². The first kappa shape index (κ1) is 6.88. The van der Waals surface area contributed by atoms with Crippen molar-refractivity contribution in [3.63, 3.8) is 0 Å². The third kappa shape index (κ3) is 0.720. The van der Waals surface area contributed by atoms with Crippen molar-refractivity contribution < 1.29 is 4.79 Å². The van der Waals surface area contributed by atoms with Gasteiger partial charge in [-0.25, -0.2) is 0 Å². The molecule has 0 unspecified atom stereocenters. The summed E-state index contributed by atoms with van der Waals surface area (Å²) in [7, 11) is 0. The number of carbonyl (C=O) groups excluding carboxylic acids is 1. The zero-order valence-corrected chi connectivity index (χ0v) is 7.20. The number of hydrogen-bond donors (Lipinski definition) is 0. The Labute approximate surface area is 72.8 Å². The van der Waals surface area contributed by atoms with E-state index in [1.807, 2.05) is 0 Å². The van der Waals surface area contributed by atoms with Gasteiger partial charge in [0.05, 0.1) is 0 Å². The van der Waals surface area contributed by atoms with Crippen LogP contribution in [-0.4, -0.2) is 5.78 Å². The van der Waals surface area contributed by atoms with E-state index >= 15 is 0 Å². The predicted octanol–water partition coefficient (Wildman–Crippen LogP) is 2.18. The van der Waals surface area contributed by atoms with Gasteiger partial charge in [-0.15, -0.1) is 0 Å². The average Bonchev–Trinajstić information content (AvgIpc) is 2.64. The van der Waals surface area contributed by atoms with E-state index in [0.717, 1.165) is 24.7 Å². The highest BCUT2D eigenvalue weighted by Crippen LogP contribution is 2.52. The van der Waals surface area contributed by atoms with Crippen molar-refractivity contribution in [3.05, 3.63) is 12.2 Å². The van der Waals surface area contributed by atoms with E-state index in [9.17, 15) is 4.79 Å². The molecule has 0 aromatic carbocycles. The summed E-state index contributed by atoms with van der Waals surface area (Å²) in [6.45, 7) is 0. The zero-order valence-electron chi connectivity index (χ0n) is 7.20. The number of Topliss-reactive ketones (excluding diaryl/α,β-unsaturated/α-hetero) is 1. The molecule has 1 heteroatoms. The van der Waals surface area contributed by atoms with Crippen molar-refractivity contribution >= 4 is 5.78 Å². The van der Waals surface area contributed by atoms with E-state index in [4.69, 9.17) is 0 Å². The first-order valence-electron chi connectivity index (χ1n) is 5.07. The highest BCUT2D eigenvalue weighted by atomic mass is 16.1. The summed E-state index contributed by atoms with van der Waals surface area (Å²) in [6, 6.07) is 0. The van der Waals surface area contributed by atoms with Crippen molar-refractivity contribution in [2.45, 2.75) is 25.7 Å². The molecule has 64 valence electrons. The van der Waals surface area contributed by atoms with Crippen LogP contribution in [0.5, 0.6) is 0 Å². The van der Waals surface area contributed by atoms with Crippen LogP contribution in [0.1, 0.15) is 25.7 Å². The fourth-order valence-corrected chi connectivity index (χ4v) is 3.47. The van der Waals surface area contributed by atoms with E-state index in [0.29, 0.717) is 17.6 Å². The Balaban J connectivity index is 1.97. The molecule has 3 rings (SSSR count). The van der Waals surface area contributed by atoms with Crippen LogP contribution in [0.2, 0.25) is 0 Å². The lowest BCUT2D eigenvalue weighted by atomic mass is 9.73. The fourth-order valence-electron chi connectivity index (χ4n) is 3.47. The van der Waals surface area contributed by atoms with Gasteiger partial charge < -0.3 is 0 Å². The Hall–Kier alpha value is -0.590. The maximum Gasteiger partial charge on any atom is 0.136 e. The maximum absolute atomic E-state index is 11.6. The molecule has 0 aliphatic heterocycles. The van der Waals surface area contributed by atoms with Gasteiger partial charge in [-0.05, 0) is 37.0 Å². The minimum absolute atomic E-state index is 0.439. The first-order valence-corrected chi connectivity index (χ1v) is 5.07. The summed E-state index contributed by atoms with van der Waals surface area (Å²) in [4.78, 5) is 11.6. The summed E-state index contributed by atoms with van der Waals surface area (Å²) in [5.74, 6) is 3.13. The molecule has 3 aliphatic rings. The fraction of sp³-hybridized carbons (Fsp3) is 0.727. The Bertz CT molecular complexity index is 254. The molecule has 2 fully saturated rings. The predicted molar refractivity (Wildman–Crippen MR) is 46.6 cm³/mol. The van der Waals surface area contributed by atoms with Gasteiger partial charge in [-0.2, -0.15) is 0 Å². The lowest BCUT2D eigenvalue weighted by Crippen LogP contribution is -2.31. The smallest absolute Gasteiger partial charge is 0.136 e. The van der Waals surface area contributed by atoms with Crippen molar-refractivity contribution in [1.82, 2.24) is 0 Å². The van der Waals surface area contributed by atoms with Crippen LogP contribution in [0.4, 0.5) is 0 Å². The molecule has 12 heavy (non-hydrogen) atoms. The SMILES string of the molecule is O=C1CCC[C@@H]2[C@H]1[C@H]1C=C[C@H]2C1. The summed E-state index contributed by atoms with van der Waals surface area (Å²) in [6.07, 6.45) is 9.23. The normalized spacial score (nSPS) is 49.8.